The molecular weight excluding hydrogens is 340 g/mol. The predicted molar refractivity (Wildman–Crippen MR) is 95.7 cm³/mol. The quantitative estimate of drug-likeness (QED) is 0.843. The van der Waals surface area contributed by atoms with E-state index in [1.165, 1.54) is 10.6 Å². The number of carbonyl (C=O) groups excluding carboxylic acids is 1. The molecule has 8 heteroatoms. The number of aromatic nitrogens is 2. The van der Waals surface area contributed by atoms with Crippen molar-refractivity contribution in [3.8, 4) is 11.3 Å². The van der Waals surface area contributed by atoms with Gasteiger partial charge in [0.05, 0.1) is 11.9 Å². The maximum Gasteiger partial charge on any atom is 0.269 e. The summed E-state index contributed by atoms with van der Waals surface area (Å²) in [6.45, 7) is 2.82. The minimum atomic E-state index is -3.24. The van der Waals surface area contributed by atoms with E-state index in [-0.39, 0.29) is 11.9 Å². The van der Waals surface area contributed by atoms with E-state index in [9.17, 15) is 13.2 Å². The molecule has 1 fully saturated rings. The van der Waals surface area contributed by atoms with Gasteiger partial charge in [0.25, 0.3) is 5.91 Å². The van der Waals surface area contributed by atoms with Gasteiger partial charge in [-0.3, -0.25) is 9.89 Å². The molecule has 25 heavy (non-hydrogen) atoms. The summed E-state index contributed by atoms with van der Waals surface area (Å²) < 4.78 is 24.9. The first-order chi connectivity index (χ1) is 11.8. The van der Waals surface area contributed by atoms with Gasteiger partial charge in [-0.15, -0.1) is 0 Å². The molecule has 1 aromatic carbocycles. The van der Waals surface area contributed by atoms with Gasteiger partial charge < -0.3 is 5.32 Å². The predicted octanol–water partition coefficient (Wildman–Crippen LogP) is 1.54. The van der Waals surface area contributed by atoms with E-state index < -0.39 is 10.0 Å². The number of hydrogen-bond donors (Lipinski definition) is 2. The molecule has 134 valence electrons. The van der Waals surface area contributed by atoms with Crippen LogP contribution in [0.5, 0.6) is 0 Å². The van der Waals surface area contributed by atoms with Crippen molar-refractivity contribution in [1.29, 1.82) is 0 Å². The highest BCUT2D eigenvalue weighted by atomic mass is 32.2. The zero-order valence-electron chi connectivity index (χ0n) is 14.3. The molecule has 2 heterocycles. The number of rotatable bonds is 5. The summed E-state index contributed by atoms with van der Waals surface area (Å²) in [5.41, 5.74) is 3.15. The van der Waals surface area contributed by atoms with Gasteiger partial charge in [-0.2, -0.15) is 9.40 Å². The number of H-pyrrole nitrogens is 1. The van der Waals surface area contributed by atoms with Gasteiger partial charge in [0.2, 0.25) is 10.0 Å². The fourth-order valence-corrected chi connectivity index (χ4v) is 4.25. The van der Waals surface area contributed by atoms with E-state index in [2.05, 4.69) is 15.5 Å². The lowest BCUT2D eigenvalue weighted by atomic mass is 10.1. The second-order valence-corrected chi connectivity index (χ2v) is 8.35. The monoisotopic (exact) mass is 362 g/mol. The number of amides is 1. The Kier molecular flexibility index (Phi) is 4.91. The maximum atomic E-state index is 12.3. The van der Waals surface area contributed by atoms with Crippen LogP contribution in [0.3, 0.4) is 0 Å². The lowest BCUT2D eigenvalue weighted by molar-refractivity contribution is 0.0941. The summed E-state index contributed by atoms with van der Waals surface area (Å²) in [6, 6.07) is 9.40. The normalized spacial score (nSPS) is 18.4. The first kappa shape index (κ1) is 17.6. The molecule has 1 saturated heterocycles. The van der Waals surface area contributed by atoms with Crippen molar-refractivity contribution in [2.75, 3.05) is 19.3 Å². The van der Waals surface area contributed by atoms with Gasteiger partial charge in [0, 0.05) is 24.7 Å². The Balaban J connectivity index is 1.63. The Morgan fingerprint density at radius 1 is 1.36 bits per heavy atom. The lowest BCUT2D eigenvalue weighted by Gasteiger charge is -2.22. The Bertz CT molecular complexity index is 858. The SMILES string of the molecule is Cc1ccc(-c2cc(C(=O)NC[C@H]3CCCN3S(C)(=O)=O)[nH]n2)cc1. The molecule has 1 aromatic heterocycles. The third kappa shape index (κ3) is 4.08. The van der Waals surface area contributed by atoms with Gasteiger partial charge in [0.1, 0.15) is 5.69 Å². The Morgan fingerprint density at radius 3 is 2.76 bits per heavy atom. The average molecular weight is 362 g/mol. The first-order valence-corrected chi connectivity index (χ1v) is 10.1. The second-order valence-electron chi connectivity index (χ2n) is 6.41. The van der Waals surface area contributed by atoms with Crippen LogP contribution in [-0.4, -0.2) is 54.2 Å². The Morgan fingerprint density at radius 2 is 2.08 bits per heavy atom. The number of sulfonamides is 1. The Labute approximate surface area is 147 Å². The minimum Gasteiger partial charge on any atom is -0.349 e. The zero-order chi connectivity index (χ0) is 18.0. The van der Waals surface area contributed by atoms with Gasteiger partial charge in [-0.25, -0.2) is 8.42 Å². The van der Waals surface area contributed by atoms with Gasteiger partial charge in [-0.1, -0.05) is 29.8 Å². The van der Waals surface area contributed by atoms with Crippen LogP contribution in [0.15, 0.2) is 30.3 Å². The first-order valence-electron chi connectivity index (χ1n) is 8.22. The highest BCUT2D eigenvalue weighted by Gasteiger charge is 2.31. The second kappa shape index (κ2) is 6.97. The number of carbonyl (C=O) groups is 1. The number of hydrogen-bond acceptors (Lipinski definition) is 4. The van der Waals surface area contributed by atoms with E-state index in [4.69, 9.17) is 0 Å². The van der Waals surface area contributed by atoms with Crippen LogP contribution in [0.25, 0.3) is 11.3 Å². The van der Waals surface area contributed by atoms with Crippen molar-refractivity contribution < 1.29 is 13.2 Å². The van der Waals surface area contributed by atoms with Crippen molar-refractivity contribution >= 4 is 15.9 Å². The van der Waals surface area contributed by atoms with Crippen LogP contribution in [0, 0.1) is 6.92 Å². The van der Waals surface area contributed by atoms with Crippen LogP contribution in [0.2, 0.25) is 0 Å². The van der Waals surface area contributed by atoms with Crippen LogP contribution < -0.4 is 5.32 Å². The standard InChI is InChI=1S/C17H22N4O3S/c1-12-5-7-13(8-6-12)15-10-16(20-19-15)17(22)18-11-14-4-3-9-21(14)25(2,23)24/h5-8,10,14H,3-4,9,11H2,1-2H3,(H,18,22)(H,19,20)/t14-/m1/s1. The fraction of sp³-hybridized carbons (Fsp3) is 0.412. The minimum absolute atomic E-state index is 0.182. The number of aromatic amines is 1. The van der Waals surface area contributed by atoms with Crippen LogP contribution in [-0.2, 0) is 10.0 Å². The molecule has 7 nitrogen and oxygen atoms in total. The molecule has 0 aliphatic carbocycles. The van der Waals surface area contributed by atoms with Gasteiger partial charge in [0.15, 0.2) is 0 Å². The van der Waals surface area contributed by atoms with E-state index in [0.717, 1.165) is 24.0 Å². The Hall–Kier alpha value is -2.19. The van der Waals surface area contributed by atoms with E-state index in [0.29, 0.717) is 24.5 Å². The molecule has 0 unspecified atom stereocenters. The summed E-state index contributed by atoms with van der Waals surface area (Å²) in [6.07, 6.45) is 2.77. The average Bonchev–Trinajstić information content (AvgIpc) is 3.22. The molecule has 0 radical (unpaired) electrons. The molecule has 2 aromatic rings. The number of nitrogens with one attached hydrogen (secondary N) is 2. The summed E-state index contributed by atoms with van der Waals surface area (Å²) in [7, 11) is -3.24. The van der Waals surface area contributed by atoms with Crippen LogP contribution in [0.4, 0.5) is 0 Å². The fourth-order valence-electron chi connectivity index (χ4n) is 3.07. The summed E-state index contributed by atoms with van der Waals surface area (Å²) in [5.74, 6) is -0.286. The number of nitrogens with zero attached hydrogens (tertiary/aromatic N) is 2. The molecule has 1 amide bonds. The highest BCUT2D eigenvalue weighted by Crippen LogP contribution is 2.20. The highest BCUT2D eigenvalue weighted by molar-refractivity contribution is 7.88. The van der Waals surface area contributed by atoms with Crippen molar-refractivity contribution in [2.24, 2.45) is 0 Å². The third-order valence-corrected chi connectivity index (χ3v) is 5.75. The molecular formula is C17H22N4O3S. The van der Waals surface area contributed by atoms with Gasteiger partial charge >= 0.3 is 0 Å². The van der Waals surface area contributed by atoms with Gasteiger partial charge in [-0.05, 0) is 25.8 Å². The number of aryl methyl sites for hydroxylation is 1. The van der Waals surface area contributed by atoms with E-state index >= 15 is 0 Å². The molecule has 2 N–H and O–H groups in total. The molecule has 0 spiro atoms. The summed E-state index contributed by atoms with van der Waals surface area (Å²) in [4.78, 5) is 12.3. The molecule has 0 bridgehead atoms. The lowest BCUT2D eigenvalue weighted by Crippen LogP contribution is -2.42. The van der Waals surface area contributed by atoms with Crippen molar-refractivity contribution in [3.05, 3.63) is 41.6 Å². The van der Waals surface area contributed by atoms with Crippen LogP contribution in [0.1, 0.15) is 28.9 Å². The van der Waals surface area contributed by atoms with Crippen molar-refractivity contribution in [1.82, 2.24) is 19.8 Å². The summed E-state index contributed by atoms with van der Waals surface area (Å²) >= 11 is 0. The molecule has 1 aliphatic heterocycles. The van der Waals surface area contributed by atoms with Crippen molar-refractivity contribution in [2.45, 2.75) is 25.8 Å². The summed E-state index contributed by atoms with van der Waals surface area (Å²) in [5, 5.41) is 9.72. The molecule has 3 rings (SSSR count). The smallest absolute Gasteiger partial charge is 0.269 e. The molecule has 1 atom stereocenters. The largest absolute Gasteiger partial charge is 0.349 e. The molecule has 1 aliphatic rings. The van der Waals surface area contributed by atoms with Crippen LogP contribution >= 0.6 is 0 Å². The topological polar surface area (TPSA) is 95.2 Å². The zero-order valence-corrected chi connectivity index (χ0v) is 15.1. The van der Waals surface area contributed by atoms with E-state index in [1.54, 1.807) is 6.07 Å². The van der Waals surface area contributed by atoms with E-state index in [1.807, 2.05) is 31.2 Å². The molecule has 0 saturated carbocycles. The maximum absolute atomic E-state index is 12.3. The number of benzene rings is 1. The van der Waals surface area contributed by atoms with Crippen molar-refractivity contribution in [3.63, 3.8) is 0 Å². The third-order valence-electron chi connectivity index (χ3n) is 4.42.